The van der Waals surface area contributed by atoms with Crippen LogP contribution in [0.4, 0.5) is 0 Å². The summed E-state index contributed by atoms with van der Waals surface area (Å²) in [5.74, 6) is 5.04. The van der Waals surface area contributed by atoms with Gasteiger partial charge in [0.15, 0.2) is 0 Å². The van der Waals surface area contributed by atoms with Gasteiger partial charge in [0.25, 0.3) is 0 Å². The minimum absolute atomic E-state index is 0.247. The third-order valence-corrected chi connectivity index (χ3v) is 3.15. The molecule has 1 unspecified atom stereocenters. The van der Waals surface area contributed by atoms with Crippen molar-refractivity contribution in [2.24, 2.45) is 0 Å². The molecule has 22 heavy (non-hydrogen) atoms. The van der Waals surface area contributed by atoms with E-state index in [1.807, 2.05) is 12.2 Å². The van der Waals surface area contributed by atoms with E-state index >= 15 is 0 Å². The van der Waals surface area contributed by atoms with Gasteiger partial charge < -0.3 is 5.11 Å². The number of carbonyl (C=O) groups is 1. The van der Waals surface area contributed by atoms with E-state index in [9.17, 15) is 4.79 Å². The van der Waals surface area contributed by atoms with Crippen LogP contribution in [0.2, 0.25) is 0 Å². The molecule has 0 radical (unpaired) electrons. The molecule has 0 aliphatic carbocycles. The van der Waals surface area contributed by atoms with Crippen molar-refractivity contribution in [3.63, 3.8) is 0 Å². The lowest BCUT2D eigenvalue weighted by atomic mass is 10.1. The standard InChI is InChI=1S/C18H28O4/c1-2-3-4-5-6-8-11-14-17(22-21)15-12-9-7-10-13-16-18(19)20/h4-5,11,14,17,21H,2-3,7,9-10,12-13,15-16H2,1H3,(H,19,20)/b5-4-,14-11+. The van der Waals surface area contributed by atoms with Gasteiger partial charge in [0, 0.05) is 6.42 Å². The van der Waals surface area contributed by atoms with Gasteiger partial charge in [-0.1, -0.05) is 56.9 Å². The van der Waals surface area contributed by atoms with Crippen LogP contribution in [0.3, 0.4) is 0 Å². The molecule has 0 aliphatic rings. The van der Waals surface area contributed by atoms with Crippen LogP contribution < -0.4 is 0 Å². The molecular formula is C18H28O4. The topological polar surface area (TPSA) is 66.8 Å². The lowest BCUT2D eigenvalue weighted by Crippen LogP contribution is -2.06. The highest BCUT2D eigenvalue weighted by Gasteiger charge is 2.03. The Bertz CT molecular complexity index is 388. The zero-order valence-corrected chi connectivity index (χ0v) is 13.5. The normalized spacial score (nSPS) is 12.5. The number of hydrogen-bond donors (Lipinski definition) is 2. The first-order chi connectivity index (χ1) is 10.7. The fraction of sp³-hybridized carbons (Fsp3) is 0.611. The maximum absolute atomic E-state index is 10.3. The van der Waals surface area contributed by atoms with Crippen molar-refractivity contribution < 1.29 is 20.0 Å². The van der Waals surface area contributed by atoms with Gasteiger partial charge in [-0.15, -0.1) is 0 Å². The molecule has 0 aromatic rings. The van der Waals surface area contributed by atoms with Gasteiger partial charge in [-0.25, -0.2) is 4.89 Å². The van der Waals surface area contributed by atoms with Gasteiger partial charge in [0.1, 0.15) is 6.10 Å². The number of rotatable bonds is 12. The molecule has 0 bridgehead atoms. The monoisotopic (exact) mass is 308 g/mol. The van der Waals surface area contributed by atoms with Gasteiger partial charge >= 0.3 is 5.97 Å². The molecule has 0 saturated carbocycles. The Morgan fingerprint density at radius 1 is 1.14 bits per heavy atom. The number of aliphatic carboxylic acids is 1. The SMILES string of the molecule is CCC/C=C\C#C/C=C/C(CCCCCCCC(=O)O)OO. The second-order valence-electron chi connectivity index (χ2n) is 5.18. The highest BCUT2D eigenvalue weighted by Crippen LogP contribution is 2.10. The first kappa shape index (κ1) is 20.4. The number of carboxylic acids is 1. The highest BCUT2D eigenvalue weighted by molar-refractivity contribution is 5.66. The minimum atomic E-state index is -0.732. The van der Waals surface area contributed by atoms with Gasteiger partial charge in [-0.3, -0.25) is 10.1 Å². The van der Waals surface area contributed by atoms with Crippen molar-refractivity contribution in [1.29, 1.82) is 0 Å². The fourth-order valence-corrected chi connectivity index (χ4v) is 1.90. The van der Waals surface area contributed by atoms with Crippen LogP contribution in [-0.4, -0.2) is 22.4 Å². The number of unbranched alkanes of at least 4 members (excludes halogenated alkanes) is 5. The largest absolute Gasteiger partial charge is 0.481 e. The maximum Gasteiger partial charge on any atom is 0.303 e. The van der Waals surface area contributed by atoms with E-state index in [1.165, 1.54) is 0 Å². The van der Waals surface area contributed by atoms with Crippen LogP contribution in [0.15, 0.2) is 24.3 Å². The van der Waals surface area contributed by atoms with Gasteiger partial charge in [-0.2, -0.15) is 0 Å². The zero-order valence-electron chi connectivity index (χ0n) is 13.5. The molecule has 1 atom stereocenters. The van der Waals surface area contributed by atoms with E-state index in [0.717, 1.165) is 51.4 Å². The maximum atomic E-state index is 10.3. The fourth-order valence-electron chi connectivity index (χ4n) is 1.90. The van der Waals surface area contributed by atoms with Gasteiger partial charge in [0.2, 0.25) is 0 Å². The Morgan fingerprint density at radius 2 is 1.82 bits per heavy atom. The Labute approximate surface area is 133 Å². The van der Waals surface area contributed by atoms with E-state index in [1.54, 1.807) is 12.2 Å². The van der Waals surface area contributed by atoms with E-state index in [4.69, 9.17) is 10.4 Å². The molecule has 0 spiro atoms. The van der Waals surface area contributed by atoms with Crippen molar-refractivity contribution in [3.8, 4) is 11.8 Å². The molecule has 4 heteroatoms. The Kier molecular flexibility index (Phi) is 14.7. The highest BCUT2D eigenvalue weighted by atomic mass is 17.1. The number of carboxylic acid groups (broad SMARTS) is 1. The summed E-state index contributed by atoms with van der Waals surface area (Å²) in [7, 11) is 0. The predicted octanol–water partition coefficient (Wildman–Crippen LogP) is 4.58. The molecule has 0 saturated heterocycles. The molecule has 0 aromatic carbocycles. The Hall–Kier alpha value is -1.57. The molecule has 4 nitrogen and oxygen atoms in total. The summed E-state index contributed by atoms with van der Waals surface area (Å²) < 4.78 is 0. The van der Waals surface area contributed by atoms with E-state index < -0.39 is 5.97 Å². The van der Waals surface area contributed by atoms with Crippen LogP contribution >= 0.6 is 0 Å². The molecule has 0 amide bonds. The molecule has 0 heterocycles. The third kappa shape index (κ3) is 14.8. The van der Waals surface area contributed by atoms with E-state index in [0.29, 0.717) is 0 Å². The Morgan fingerprint density at radius 3 is 2.50 bits per heavy atom. The lowest BCUT2D eigenvalue weighted by Gasteiger charge is -2.07. The zero-order chi connectivity index (χ0) is 16.5. The molecule has 2 N–H and O–H groups in total. The molecule has 0 rings (SSSR count). The number of hydrogen-bond acceptors (Lipinski definition) is 3. The third-order valence-electron chi connectivity index (χ3n) is 3.15. The summed E-state index contributed by atoms with van der Waals surface area (Å²) >= 11 is 0. The van der Waals surface area contributed by atoms with Crippen molar-refractivity contribution in [1.82, 2.24) is 0 Å². The summed E-state index contributed by atoms with van der Waals surface area (Å²) in [6, 6.07) is 0. The smallest absolute Gasteiger partial charge is 0.303 e. The molecule has 0 aliphatic heterocycles. The molecule has 0 fully saturated rings. The van der Waals surface area contributed by atoms with Crippen LogP contribution in [0.25, 0.3) is 0 Å². The molecule has 124 valence electrons. The average molecular weight is 308 g/mol. The number of allylic oxidation sites excluding steroid dienone is 3. The van der Waals surface area contributed by atoms with Crippen molar-refractivity contribution >= 4 is 5.97 Å². The van der Waals surface area contributed by atoms with Crippen molar-refractivity contribution in [2.45, 2.75) is 70.8 Å². The van der Waals surface area contributed by atoms with Crippen molar-refractivity contribution in [3.05, 3.63) is 24.3 Å². The minimum Gasteiger partial charge on any atom is -0.481 e. The predicted molar refractivity (Wildman–Crippen MR) is 88.4 cm³/mol. The first-order valence-corrected chi connectivity index (χ1v) is 8.05. The van der Waals surface area contributed by atoms with Crippen LogP contribution in [0.1, 0.15) is 64.7 Å². The summed E-state index contributed by atoms with van der Waals surface area (Å²) in [5.41, 5.74) is 0. The summed E-state index contributed by atoms with van der Waals surface area (Å²) in [4.78, 5) is 14.8. The quantitative estimate of drug-likeness (QED) is 0.240. The Balaban J connectivity index is 3.72. The van der Waals surface area contributed by atoms with Gasteiger partial charge in [-0.05, 0) is 37.5 Å². The van der Waals surface area contributed by atoms with Gasteiger partial charge in [0.05, 0.1) is 0 Å². The lowest BCUT2D eigenvalue weighted by molar-refractivity contribution is -0.267. The average Bonchev–Trinajstić information content (AvgIpc) is 2.50. The first-order valence-electron chi connectivity index (χ1n) is 8.05. The van der Waals surface area contributed by atoms with Crippen LogP contribution in [0.5, 0.6) is 0 Å². The summed E-state index contributed by atoms with van der Waals surface area (Å²) in [6.07, 6.45) is 14.8. The van der Waals surface area contributed by atoms with E-state index in [2.05, 4.69) is 23.7 Å². The second kappa shape index (κ2) is 15.8. The van der Waals surface area contributed by atoms with Crippen LogP contribution in [0, 0.1) is 11.8 Å². The molecular weight excluding hydrogens is 280 g/mol. The van der Waals surface area contributed by atoms with Crippen molar-refractivity contribution in [2.75, 3.05) is 0 Å². The second-order valence-corrected chi connectivity index (χ2v) is 5.18. The summed E-state index contributed by atoms with van der Waals surface area (Å²) in [5, 5.41) is 17.3. The van der Waals surface area contributed by atoms with Crippen LogP contribution in [-0.2, 0) is 9.68 Å². The van der Waals surface area contributed by atoms with E-state index in [-0.39, 0.29) is 12.5 Å². The summed E-state index contributed by atoms with van der Waals surface area (Å²) in [6.45, 7) is 2.12. The molecule has 0 aromatic heterocycles.